The zero-order valence-corrected chi connectivity index (χ0v) is 42.3. The molecular weight excluding hydrogens is 885 g/mol. The third-order valence-electron chi connectivity index (χ3n) is 13.5. The molecule has 0 amide bonds. The number of carbonyl (C=O) groups is 3. The van der Waals surface area contributed by atoms with Crippen LogP contribution in [0.2, 0.25) is 0 Å². The summed E-state index contributed by atoms with van der Waals surface area (Å²) >= 11 is 0. The number of pyridine rings is 2. The maximum atomic E-state index is 12.9. The molecule has 372 valence electrons. The topological polar surface area (TPSA) is 156 Å². The van der Waals surface area contributed by atoms with Crippen LogP contribution in [-0.4, -0.2) is 116 Å². The number of likely N-dealkylation sites (tertiary alicyclic amines) is 1. The summed E-state index contributed by atoms with van der Waals surface area (Å²) < 4.78 is 26.9. The summed E-state index contributed by atoms with van der Waals surface area (Å²) in [6.45, 7) is 15.2. The summed E-state index contributed by atoms with van der Waals surface area (Å²) in [4.78, 5) is 50.9. The predicted octanol–water partition coefficient (Wildman–Crippen LogP) is 10.7. The zero-order valence-electron chi connectivity index (χ0n) is 42.3. The normalized spacial score (nSPS) is 16.1. The van der Waals surface area contributed by atoms with Gasteiger partial charge in [0.1, 0.15) is 6.29 Å². The highest BCUT2D eigenvalue weighted by Crippen LogP contribution is 2.41. The fraction of sp³-hybridized carbons (Fsp3) is 0.509. The molecule has 0 N–H and O–H groups in total. The minimum Gasteiger partial charge on any atom is -0.473 e. The first-order valence-electron chi connectivity index (χ1n) is 25.4. The molecule has 9 rings (SSSR count). The van der Waals surface area contributed by atoms with Crippen LogP contribution < -0.4 is 9.47 Å². The molecule has 0 unspecified atom stereocenters. The number of rotatable bonds is 16. The lowest BCUT2D eigenvalue weighted by atomic mass is 9.95. The Morgan fingerprint density at radius 2 is 1.09 bits per heavy atom. The highest BCUT2D eigenvalue weighted by atomic mass is 16.5. The molecule has 1 aliphatic heterocycles. The van der Waals surface area contributed by atoms with Gasteiger partial charge in [0.15, 0.2) is 22.7 Å². The summed E-state index contributed by atoms with van der Waals surface area (Å²) in [5, 5.41) is 11.4. The van der Waals surface area contributed by atoms with Gasteiger partial charge in [0.05, 0.1) is 48.3 Å². The van der Waals surface area contributed by atoms with Gasteiger partial charge in [-0.25, -0.2) is 28.9 Å². The van der Waals surface area contributed by atoms with Crippen molar-refractivity contribution < 1.29 is 33.3 Å². The molecule has 15 nitrogen and oxygen atoms in total. The van der Waals surface area contributed by atoms with E-state index in [1.54, 1.807) is 25.1 Å². The second kappa shape index (κ2) is 22.7. The number of hydrogen-bond donors (Lipinski definition) is 0. The molecule has 1 saturated heterocycles. The summed E-state index contributed by atoms with van der Waals surface area (Å²) in [7, 11) is 4.29. The molecule has 6 aromatic rings. The molecular formula is C55H70N8O7. The zero-order chi connectivity index (χ0) is 49.5. The van der Waals surface area contributed by atoms with Crippen molar-refractivity contribution in [3.63, 3.8) is 0 Å². The van der Waals surface area contributed by atoms with Crippen LogP contribution in [0.5, 0.6) is 11.8 Å². The van der Waals surface area contributed by atoms with Crippen molar-refractivity contribution in [3.8, 4) is 34.0 Å². The number of carbonyl (C=O) groups excluding carboxylic acids is 3. The van der Waals surface area contributed by atoms with Crippen LogP contribution in [0, 0.1) is 0 Å². The molecule has 4 aromatic heterocycles. The maximum absolute atomic E-state index is 12.9. The number of aromatic nitrogens is 6. The Hall–Kier alpha value is -6.19. The Morgan fingerprint density at radius 1 is 0.657 bits per heavy atom. The van der Waals surface area contributed by atoms with Crippen molar-refractivity contribution >= 4 is 40.3 Å². The molecule has 0 spiro atoms. The third-order valence-corrected chi connectivity index (χ3v) is 13.5. The Balaban J connectivity index is 0.000000191. The van der Waals surface area contributed by atoms with E-state index < -0.39 is 11.9 Å². The van der Waals surface area contributed by atoms with Crippen molar-refractivity contribution in [1.29, 1.82) is 0 Å². The van der Waals surface area contributed by atoms with E-state index in [-0.39, 0.29) is 36.6 Å². The van der Waals surface area contributed by atoms with Gasteiger partial charge in [-0.2, -0.15) is 0 Å². The van der Waals surface area contributed by atoms with Gasteiger partial charge in [-0.3, -0.25) is 9.69 Å². The third kappa shape index (κ3) is 11.4. The molecule has 70 heavy (non-hydrogen) atoms. The van der Waals surface area contributed by atoms with Crippen LogP contribution in [0.15, 0.2) is 60.7 Å². The van der Waals surface area contributed by atoms with Crippen molar-refractivity contribution in [2.24, 2.45) is 0 Å². The van der Waals surface area contributed by atoms with Crippen LogP contribution in [0.4, 0.5) is 0 Å². The van der Waals surface area contributed by atoms with E-state index in [0.717, 1.165) is 97.5 Å². The lowest BCUT2D eigenvalue weighted by molar-refractivity contribution is 0.0510. The minimum atomic E-state index is -0.470. The van der Waals surface area contributed by atoms with Crippen molar-refractivity contribution in [2.75, 3.05) is 40.4 Å². The molecule has 3 aliphatic rings. The molecule has 2 aliphatic carbocycles. The Bertz CT molecular complexity index is 2740. The monoisotopic (exact) mass is 955 g/mol. The first-order chi connectivity index (χ1) is 33.8. The number of nitrogens with zero attached hydrogens (tertiary/aromatic N) is 8. The number of benzene rings is 2. The van der Waals surface area contributed by atoms with Crippen molar-refractivity contribution in [3.05, 3.63) is 83.2 Å². The van der Waals surface area contributed by atoms with Gasteiger partial charge in [-0.15, -0.1) is 10.2 Å². The molecule has 2 saturated carbocycles. The van der Waals surface area contributed by atoms with E-state index in [2.05, 4.69) is 48.2 Å². The summed E-state index contributed by atoms with van der Waals surface area (Å²) in [5.41, 5.74) is 7.29. The second-order valence-corrected chi connectivity index (χ2v) is 19.6. The van der Waals surface area contributed by atoms with E-state index >= 15 is 0 Å². The number of ether oxygens (including phenoxy) is 4. The smallest absolute Gasteiger partial charge is 0.357 e. The summed E-state index contributed by atoms with van der Waals surface area (Å²) in [6, 6.07) is 20.6. The first-order valence-corrected chi connectivity index (χ1v) is 25.4. The minimum absolute atomic E-state index is 0.0321. The summed E-state index contributed by atoms with van der Waals surface area (Å²) in [6.07, 6.45) is 12.0. The van der Waals surface area contributed by atoms with E-state index in [1.807, 2.05) is 62.2 Å². The van der Waals surface area contributed by atoms with Crippen molar-refractivity contribution in [1.82, 2.24) is 39.3 Å². The van der Waals surface area contributed by atoms with Crippen LogP contribution in [0.3, 0.4) is 0 Å². The number of aldehydes is 1. The lowest BCUT2D eigenvalue weighted by Crippen LogP contribution is -2.56. The highest BCUT2D eigenvalue weighted by molar-refractivity contribution is 6.02. The van der Waals surface area contributed by atoms with Crippen LogP contribution in [0.25, 0.3) is 44.3 Å². The average Bonchev–Trinajstić information content (AvgIpc) is 3.90. The first kappa shape index (κ1) is 50.2. The SMILES string of the molecule is CCOC(=O)c1cc(-c2ccc(C=O)cc2)c2c(OC(C)C)nn(C3CCCCC3)c2n1.CCOC(=O)c1cc(-c2ccc(CN3CC(N(C)C)C3)cc2)c2c(OC(C)C)nn(C3CCCCC3)c2n1. The molecule has 0 bridgehead atoms. The summed E-state index contributed by atoms with van der Waals surface area (Å²) in [5.74, 6) is 0.210. The maximum Gasteiger partial charge on any atom is 0.357 e. The standard InChI is InChI=1S/C30H41N5O3.C25H29N3O4/c1-6-37-30(36)26-16-25(22-14-12-21(13-15-22)17-34-18-24(19-34)33(4)5)27-28(31-26)35(23-10-8-7-9-11-23)32-29(27)38-20(2)3;1-4-31-25(30)21-14-20(18-12-10-17(15-29)11-13-18)22-23(26-21)28(19-8-6-5-7-9-19)27-24(22)32-16(2)3/h12-16,20,23-24H,6-11,17-19H2,1-5H3;10-16,19H,4-9H2,1-3H3. The molecule has 3 fully saturated rings. The Labute approximate surface area is 411 Å². The van der Waals surface area contributed by atoms with Gasteiger partial charge in [0.25, 0.3) is 0 Å². The molecule has 15 heteroatoms. The fourth-order valence-electron chi connectivity index (χ4n) is 9.84. The molecule has 0 atom stereocenters. The van der Waals surface area contributed by atoms with Gasteiger partial charge >= 0.3 is 11.9 Å². The van der Waals surface area contributed by atoms with E-state index in [4.69, 9.17) is 39.1 Å². The molecule has 0 radical (unpaired) electrons. The van der Waals surface area contributed by atoms with Crippen LogP contribution >= 0.6 is 0 Å². The van der Waals surface area contributed by atoms with Gasteiger partial charge in [0, 0.05) is 42.4 Å². The average molecular weight is 955 g/mol. The number of hydrogen-bond acceptors (Lipinski definition) is 13. The molecule has 2 aromatic carbocycles. The second-order valence-electron chi connectivity index (χ2n) is 19.6. The number of likely N-dealkylation sites (N-methyl/N-ethyl adjacent to an activating group) is 1. The Kier molecular flexibility index (Phi) is 16.3. The van der Waals surface area contributed by atoms with Gasteiger partial charge in [-0.05, 0) is 110 Å². The number of esters is 2. The van der Waals surface area contributed by atoms with E-state index in [9.17, 15) is 14.4 Å². The fourth-order valence-corrected chi connectivity index (χ4v) is 9.84. The van der Waals surface area contributed by atoms with Crippen LogP contribution in [0.1, 0.15) is 155 Å². The van der Waals surface area contributed by atoms with E-state index in [1.165, 1.54) is 31.2 Å². The van der Waals surface area contributed by atoms with Gasteiger partial charge in [-0.1, -0.05) is 87.1 Å². The Morgan fingerprint density at radius 3 is 1.47 bits per heavy atom. The quantitative estimate of drug-likeness (QED) is 0.0668. The van der Waals surface area contributed by atoms with Gasteiger partial charge < -0.3 is 23.8 Å². The van der Waals surface area contributed by atoms with Crippen LogP contribution in [-0.2, 0) is 16.0 Å². The highest BCUT2D eigenvalue weighted by Gasteiger charge is 2.30. The van der Waals surface area contributed by atoms with E-state index in [0.29, 0.717) is 47.0 Å². The predicted molar refractivity (Wildman–Crippen MR) is 272 cm³/mol. The molecule has 5 heterocycles. The lowest BCUT2D eigenvalue weighted by Gasteiger charge is -2.42. The largest absolute Gasteiger partial charge is 0.473 e. The van der Waals surface area contributed by atoms with Gasteiger partial charge in [0.2, 0.25) is 11.8 Å². The number of fused-ring (bicyclic) bond motifs is 2. The van der Waals surface area contributed by atoms with Crippen molar-refractivity contribution in [2.45, 2.75) is 143 Å².